The number of anilines is 3. The highest BCUT2D eigenvalue weighted by Crippen LogP contribution is 2.35. The minimum atomic E-state index is -0.282. The minimum absolute atomic E-state index is 0.219. The van der Waals surface area contributed by atoms with E-state index in [9.17, 15) is 4.39 Å². The number of morpholine rings is 1. The lowest BCUT2D eigenvalue weighted by atomic mass is 10.1. The summed E-state index contributed by atoms with van der Waals surface area (Å²) < 4.78 is 29.6. The van der Waals surface area contributed by atoms with Gasteiger partial charge in [-0.05, 0) is 36.4 Å². The van der Waals surface area contributed by atoms with Gasteiger partial charge in [-0.25, -0.2) is 9.37 Å². The van der Waals surface area contributed by atoms with Gasteiger partial charge in [-0.2, -0.15) is 4.98 Å². The highest BCUT2D eigenvalue weighted by atomic mass is 19.1. The fraction of sp³-hybridized carbons (Fsp3) is 0.238. The Kier molecular flexibility index (Phi) is 4.61. The van der Waals surface area contributed by atoms with Crippen LogP contribution in [0, 0.1) is 5.82 Å². The summed E-state index contributed by atoms with van der Waals surface area (Å²) in [5.74, 6) is 2.36. The van der Waals surface area contributed by atoms with Crippen LogP contribution in [0.4, 0.5) is 21.8 Å². The molecule has 8 heteroatoms. The Labute approximate surface area is 167 Å². The van der Waals surface area contributed by atoms with Crippen LogP contribution in [0.5, 0.6) is 11.5 Å². The Morgan fingerprint density at radius 2 is 1.69 bits per heavy atom. The average Bonchev–Trinajstić information content (AvgIpc) is 3.23. The molecule has 29 heavy (non-hydrogen) atoms. The molecule has 0 bridgehead atoms. The Morgan fingerprint density at radius 1 is 0.897 bits per heavy atom. The molecule has 3 heterocycles. The monoisotopic (exact) mass is 394 g/mol. The van der Waals surface area contributed by atoms with Crippen molar-refractivity contribution < 1.29 is 18.6 Å². The van der Waals surface area contributed by atoms with E-state index in [4.69, 9.17) is 19.2 Å². The average molecular weight is 394 g/mol. The quantitative estimate of drug-likeness (QED) is 0.725. The van der Waals surface area contributed by atoms with Crippen LogP contribution in [0.2, 0.25) is 0 Å². The molecular weight excluding hydrogens is 375 g/mol. The van der Waals surface area contributed by atoms with Crippen molar-refractivity contribution in [2.45, 2.75) is 0 Å². The first-order valence-electron chi connectivity index (χ1n) is 9.39. The van der Waals surface area contributed by atoms with Crippen molar-refractivity contribution in [2.24, 2.45) is 0 Å². The number of benzene rings is 2. The van der Waals surface area contributed by atoms with Crippen LogP contribution in [0.25, 0.3) is 11.3 Å². The second-order valence-electron chi connectivity index (χ2n) is 6.73. The second kappa shape index (κ2) is 7.56. The first-order valence-corrected chi connectivity index (χ1v) is 9.39. The summed E-state index contributed by atoms with van der Waals surface area (Å²) in [6, 6.07) is 13.8. The predicted octanol–water partition coefficient (Wildman–Crippen LogP) is 3.59. The third-order valence-electron chi connectivity index (χ3n) is 4.82. The van der Waals surface area contributed by atoms with Crippen LogP contribution in [0.1, 0.15) is 0 Å². The zero-order valence-electron chi connectivity index (χ0n) is 15.6. The van der Waals surface area contributed by atoms with Crippen molar-refractivity contribution in [1.29, 1.82) is 0 Å². The third-order valence-corrected chi connectivity index (χ3v) is 4.82. The van der Waals surface area contributed by atoms with E-state index >= 15 is 0 Å². The fourth-order valence-electron chi connectivity index (χ4n) is 3.32. The summed E-state index contributed by atoms with van der Waals surface area (Å²) in [5, 5.41) is 3.24. The molecule has 0 saturated carbocycles. The van der Waals surface area contributed by atoms with E-state index in [0.29, 0.717) is 36.4 Å². The van der Waals surface area contributed by atoms with Gasteiger partial charge in [0.1, 0.15) is 11.6 Å². The van der Waals surface area contributed by atoms with Crippen molar-refractivity contribution in [1.82, 2.24) is 9.97 Å². The van der Waals surface area contributed by atoms with Crippen molar-refractivity contribution in [3.8, 4) is 22.8 Å². The molecule has 0 spiro atoms. The standard InChI is InChI=1S/C21H19FN4O3/c22-15-3-1-14(2-4-15)17-12-20(26-7-9-27-10-8-26)25-21(24-17)23-16-5-6-18-19(11-16)29-13-28-18/h1-6,11-12H,7-10,13H2,(H,23,24,25). The Bertz CT molecular complexity index is 1020. The smallest absolute Gasteiger partial charge is 0.231 e. The number of fused-ring (bicyclic) bond motifs is 1. The van der Waals surface area contributed by atoms with Crippen molar-refractivity contribution in [2.75, 3.05) is 43.3 Å². The number of halogens is 1. The maximum absolute atomic E-state index is 13.4. The first-order chi connectivity index (χ1) is 14.2. The van der Waals surface area contributed by atoms with Gasteiger partial charge in [-0.1, -0.05) is 0 Å². The van der Waals surface area contributed by atoms with Gasteiger partial charge in [0.25, 0.3) is 0 Å². The zero-order chi connectivity index (χ0) is 19.6. The number of aromatic nitrogens is 2. The Morgan fingerprint density at radius 3 is 2.52 bits per heavy atom. The molecular formula is C21H19FN4O3. The third kappa shape index (κ3) is 3.79. The first kappa shape index (κ1) is 17.7. The van der Waals surface area contributed by atoms with Gasteiger partial charge < -0.3 is 24.4 Å². The van der Waals surface area contributed by atoms with Crippen LogP contribution in [-0.2, 0) is 4.74 Å². The highest BCUT2D eigenvalue weighted by Gasteiger charge is 2.17. The molecule has 148 valence electrons. The fourth-order valence-corrected chi connectivity index (χ4v) is 3.32. The number of hydrogen-bond acceptors (Lipinski definition) is 7. The predicted molar refractivity (Wildman–Crippen MR) is 106 cm³/mol. The lowest BCUT2D eigenvalue weighted by molar-refractivity contribution is 0.122. The molecule has 0 aliphatic carbocycles. The molecule has 2 aliphatic heterocycles. The number of ether oxygens (including phenoxy) is 3. The number of nitrogens with zero attached hydrogens (tertiary/aromatic N) is 3. The molecule has 0 atom stereocenters. The molecule has 2 aliphatic rings. The van der Waals surface area contributed by atoms with Crippen LogP contribution in [-0.4, -0.2) is 43.1 Å². The number of hydrogen-bond donors (Lipinski definition) is 1. The van der Waals surface area contributed by atoms with E-state index in [1.165, 1.54) is 12.1 Å². The highest BCUT2D eigenvalue weighted by molar-refractivity contribution is 5.67. The van der Waals surface area contributed by atoms with Gasteiger partial charge in [-0.3, -0.25) is 0 Å². The summed E-state index contributed by atoms with van der Waals surface area (Å²) in [5.41, 5.74) is 2.32. The number of nitrogens with one attached hydrogen (secondary N) is 1. The minimum Gasteiger partial charge on any atom is -0.454 e. The van der Waals surface area contributed by atoms with Crippen molar-refractivity contribution in [3.05, 3.63) is 54.3 Å². The van der Waals surface area contributed by atoms with E-state index < -0.39 is 0 Å². The Hall–Kier alpha value is -3.39. The van der Waals surface area contributed by atoms with E-state index in [2.05, 4.69) is 15.2 Å². The van der Waals surface area contributed by atoms with E-state index in [0.717, 1.165) is 30.2 Å². The molecule has 2 aromatic carbocycles. The lowest BCUT2D eigenvalue weighted by Crippen LogP contribution is -2.36. The normalized spacial score (nSPS) is 15.4. The second-order valence-corrected chi connectivity index (χ2v) is 6.73. The van der Waals surface area contributed by atoms with Crippen molar-refractivity contribution in [3.63, 3.8) is 0 Å². The summed E-state index contributed by atoms with van der Waals surface area (Å²) >= 11 is 0. The van der Waals surface area contributed by atoms with Crippen LogP contribution in [0.15, 0.2) is 48.5 Å². The zero-order valence-corrected chi connectivity index (χ0v) is 15.6. The topological polar surface area (TPSA) is 68.7 Å². The van der Waals surface area contributed by atoms with Crippen LogP contribution < -0.4 is 19.7 Å². The molecule has 0 amide bonds. The molecule has 3 aromatic rings. The lowest BCUT2D eigenvalue weighted by Gasteiger charge is -2.28. The van der Waals surface area contributed by atoms with Crippen molar-refractivity contribution >= 4 is 17.5 Å². The SMILES string of the molecule is Fc1ccc(-c2cc(N3CCOCC3)nc(Nc3ccc4c(c3)OCO4)n2)cc1. The van der Waals surface area contributed by atoms with E-state index in [-0.39, 0.29) is 12.6 Å². The summed E-state index contributed by atoms with van der Waals surface area (Å²) in [6.45, 7) is 3.03. The molecule has 1 N–H and O–H groups in total. The molecule has 0 unspecified atom stereocenters. The summed E-state index contributed by atoms with van der Waals surface area (Å²) in [6.07, 6.45) is 0. The van der Waals surface area contributed by atoms with E-state index in [1.807, 2.05) is 24.3 Å². The van der Waals surface area contributed by atoms with Crippen LogP contribution in [0.3, 0.4) is 0 Å². The maximum Gasteiger partial charge on any atom is 0.231 e. The van der Waals surface area contributed by atoms with Gasteiger partial charge in [0.05, 0.1) is 18.9 Å². The van der Waals surface area contributed by atoms with Gasteiger partial charge in [0.2, 0.25) is 12.7 Å². The van der Waals surface area contributed by atoms with E-state index in [1.54, 1.807) is 12.1 Å². The summed E-state index contributed by atoms with van der Waals surface area (Å²) in [7, 11) is 0. The maximum atomic E-state index is 13.4. The van der Waals surface area contributed by atoms with Gasteiger partial charge in [0.15, 0.2) is 11.5 Å². The molecule has 5 rings (SSSR count). The Balaban J connectivity index is 1.51. The molecule has 0 radical (unpaired) electrons. The van der Waals surface area contributed by atoms with Gasteiger partial charge in [-0.15, -0.1) is 0 Å². The van der Waals surface area contributed by atoms with Gasteiger partial charge in [0, 0.05) is 36.5 Å². The molecule has 1 fully saturated rings. The summed E-state index contributed by atoms with van der Waals surface area (Å²) in [4.78, 5) is 11.5. The molecule has 7 nitrogen and oxygen atoms in total. The largest absolute Gasteiger partial charge is 0.454 e. The molecule has 1 aromatic heterocycles. The number of rotatable bonds is 4. The van der Waals surface area contributed by atoms with Crippen LogP contribution >= 0.6 is 0 Å². The molecule has 1 saturated heterocycles. The van der Waals surface area contributed by atoms with Gasteiger partial charge >= 0.3 is 0 Å².